The number of carbonyl (C=O) groups is 2. The second kappa shape index (κ2) is 8.10. The Morgan fingerprint density at radius 2 is 1.81 bits per heavy atom. The Bertz CT molecular complexity index is 231. The summed E-state index contributed by atoms with van der Waals surface area (Å²) in [5, 5.41) is 5.12. The van der Waals surface area contributed by atoms with Crippen LogP contribution in [-0.4, -0.2) is 38.6 Å². The normalized spacial score (nSPS) is 14.0. The average molecular weight is 230 g/mol. The number of ether oxygens (including phenoxy) is 1. The van der Waals surface area contributed by atoms with Crippen LogP contribution < -0.4 is 10.6 Å². The lowest BCUT2D eigenvalue weighted by atomic mass is 10.1. The molecule has 0 spiro atoms. The third-order valence-corrected chi connectivity index (χ3v) is 2.40. The second-order valence-electron chi connectivity index (χ2n) is 3.86. The van der Waals surface area contributed by atoms with Crippen molar-refractivity contribution in [2.75, 3.05) is 20.7 Å². The van der Waals surface area contributed by atoms with Crippen LogP contribution in [0.3, 0.4) is 0 Å². The van der Waals surface area contributed by atoms with Crippen molar-refractivity contribution in [1.82, 2.24) is 10.6 Å². The molecule has 0 rings (SSSR count). The first kappa shape index (κ1) is 14.9. The summed E-state index contributed by atoms with van der Waals surface area (Å²) in [4.78, 5) is 22.2. The van der Waals surface area contributed by atoms with Crippen LogP contribution in [0.2, 0.25) is 0 Å². The summed E-state index contributed by atoms with van der Waals surface area (Å²) in [7, 11) is 3.22. The van der Waals surface area contributed by atoms with E-state index in [1.165, 1.54) is 0 Å². The maximum absolute atomic E-state index is 11.2. The average Bonchev–Trinajstić information content (AvgIpc) is 2.27. The van der Waals surface area contributed by atoms with Crippen LogP contribution in [0.5, 0.6) is 0 Å². The molecule has 0 aromatic heterocycles. The van der Waals surface area contributed by atoms with Gasteiger partial charge in [0.2, 0.25) is 11.8 Å². The van der Waals surface area contributed by atoms with Gasteiger partial charge in [-0.3, -0.25) is 9.59 Å². The van der Waals surface area contributed by atoms with Gasteiger partial charge >= 0.3 is 0 Å². The zero-order valence-electron chi connectivity index (χ0n) is 10.5. The molecule has 2 amide bonds. The van der Waals surface area contributed by atoms with Gasteiger partial charge < -0.3 is 15.4 Å². The molecule has 0 aromatic carbocycles. The highest BCUT2D eigenvalue weighted by molar-refractivity contribution is 5.77. The molecule has 0 saturated heterocycles. The van der Waals surface area contributed by atoms with Gasteiger partial charge in [-0.1, -0.05) is 6.92 Å². The first-order valence-electron chi connectivity index (χ1n) is 5.55. The van der Waals surface area contributed by atoms with E-state index in [1.807, 2.05) is 13.8 Å². The smallest absolute Gasteiger partial charge is 0.222 e. The van der Waals surface area contributed by atoms with Gasteiger partial charge in [-0.25, -0.2) is 0 Å². The van der Waals surface area contributed by atoms with Gasteiger partial charge in [-0.05, 0) is 13.3 Å². The molecule has 0 aromatic rings. The molecule has 0 fully saturated rings. The third kappa shape index (κ3) is 6.40. The van der Waals surface area contributed by atoms with Crippen LogP contribution in [0.15, 0.2) is 0 Å². The van der Waals surface area contributed by atoms with E-state index >= 15 is 0 Å². The number of nitrogens with one attached hydrogen (secondary N) is 2. The summed E-state index contributed by atoms with van der Waals surface area (Å²) in [6.07, 6.45) is 0.902. The Kier molecular flexibility index (Phi) is 7.54. The monoisotopic (exact) mass is 230 g/mol. The predicted molar refractivity (Wildman–Crippen MR) is 61.9 cm³/mol. The van der Waals surface area contributed by atoms with Crippen molar-refractivity contribution in [1.29, 1.82) is 0 Å². The zero-order valence-corrected chi connectivity index (χ0v) is 10.5. The topological polar surface area (TPSA) is 67.4 Å². The van der Waals surface area contributed by atoms with Gasteiger partial charge in [0.15, 0.2) is 0 Å². The fraction of sp³-hybridized carbons (Fsp3) is 0.818. The highest BCUT2D eigenvalue weighted by atomic mass is 16.5. The van der Waals surface area contributed by atoms with Crippen molar-refractivity contribution in [2.45, 2.75) is 32.8 Å². The fourth-order valence-electron chi connectivity index (χ4n) is 1.25. The van der Waals surface area contributed by atoms with Crippen molar-refractivity contribution in [3.8, 4) is 0 Å². The van der Waals surface area contributed by atoms with Crippen molar-refractivity contribution >= 4 is 11.8 Å². The summed E-state index contributed by atoms with van der Waals surface area (Å²) in [5.74, 6) is -0.0772. The molecule has 0 aliphatic rings. The zero-order chi connectivity index (χ0) is 12.6. The molecule has 0 heterocycles. The van der Waals surface area contributed by atoms with Crippen molar-refractivity contribution < 1.29 is 14.3 Å². The van der Waals surface area contributed by atoms with E-state index in [-0.39, 0.29) is 23.8 Å². The van der Waals surface area contributed by atoms with Crippen molar-refractivity contribution in [3.63, 3.8) is 0 Å². The minimum atomic E-state index is -0.114. The first-order valence-corrected chi connectivity index (χ1v) is 5.55. The van der Waals surface area contributed by atoms with Gasteiger partial charge in [0.25, 0.3) is 0 Å². The third-order valence-electron chi connectivity index (χ3n) is 2.40. The lowest BCUT2D eigenvalue weighted by molar-refractivity contribution is -0.126. The van der Waals surface area contributed by atoms with Crippen LogP contribution in [0, 0.1) is 5.92 Å². The molecule has 2 N–H and O–H groups in total. The van der Waals surface area contributed by atoms with E-state index in [0.717, 1.165) is 0 Å². The van der Waals surface area contributed by atoms with Crippen molar-refractivity contribution in [3.05, 3.63) is 0 Å². The lowest BCUT2D eigenvalue weighted by Gasteiger charge is -2.14. The van der Waals surface area contributed by atoms with Gasteiger partial charge in [0, 0.05) is 26.6 Å². The molecular formula is C11H22N2O3. The number of hydrogen-bond donors (Lipinski definition) is 2. The van der Waals surface area contributed by atoms with Crippen LogP contribution >= 0.6 is 0 Å². The van der Waals surface area contributed by atoms with E-state index in [4.69, 9.17) is 4.74 Å². The summed E-state index contributed by atoms with van der Waals surface area (Å²) in [5.41, 5.74) is 0. The molecular weight excluding hydrogens is 208 g/mol. The minimum Gasteiger partial charge on any atom is -0.378 e. The standard InChI is InChI=1S/C11H22N2O3/c1-8(11(15)13-4)5-6-16-9(2)7-10(14)12-3/h8-9H,5-7H2,1-4H3,(H,12,14)(H,13,15). The van der Waals surface area contributed by atoms with E-state index < -0.39 is 0 Å². The molecule has 16 heavy (non-hydrogen) atoms. The molecule has 0 bridgehead atoms. The van der Waals surface area contributed by atoms with Crippen LogP contribution in [-0.2, 0) is 14.3 Å². The Labute approximate surface area is 96.9 Å². The largest absolute Gasteiger partial charge is 0.378 e. The highest BCUT2D eigenvalue weighted by Gasteiger charge is 2.12. The Morgan fingerprint density at radius 1 is 1.19 bits per heavy atom. The van der Waals surface area contributed by atoms with Crippen LogP contribution in [0.25, 0.3) is 0 Å². The minimum absolute atomic E-state index is 0.0163. The molecule has 94 valence electrons. The number of rotatable bonds is 7. The second-order valence-corrected chi connectivity index (χ2v) is 3.86. The molecule has 5 nitrogen and oxygen atoms in total. The Balaban J connectivity index is 3.65. The SMILES string of the molecule is CNC(=O)CC(C)OCCC(C)C(=O)NC. The van der Waals surface area contributed by atoms with Gasteiger partial charge in [-0.15, -0.1) is 0 Å². The highest BCUT2D eigenvalue weighted by Crippen LogP contribution is 2.04. The summed E-state index contributed by atoms with van der Waals surface area (Å²) in [6, 6.07) is 0. The molecule has 0 aliphatic carbocycles. The molecule has 5 heteroatoms. The van der Waals surface area contributed by atoms with Gasteiger partial charge in [0.1, 0.15) is 0 Å². The maximum atomic E-state index is 11.2. The Hall–Kier alpha value is -1.10. The Morgan fingerprint density at radius 3 is 2.31 bits per heavy atom. The van der Waals surface area contributed by atoms with Crippen LogP contribution in [0.4, 0.5) is 0 Å². The lowest BCUT2D eigenvalue weighted by Crippen LogP contribution is -2.27. The molecule has 2 atom stereocenters. The predicted octanol–water partition coefficient (Wildman–Crippen LogP) is 0.300. The number of hydrogen-bond acceptors (Lipinski definition) is 3. The van der Waals surface area contributed by atoms with E-state index in [1.54, 1.807) is 14.1 Å². The first-order chi connectivity index (χ1) is 7.51. The summed E-state index contributed by atoms with van der Waals surface area (Å²) >= 11 is 0. The quantitative estimate of drug-likeness (QED) is 0.661. The summed E-state index contributed by atoms with van der Waals surface area (Å²) in [6.45, 7) is 4.19. The number of carbonyl (C=O) groups excluding carboxylic acids is 2. The van der Waals surface area contributed by atoms with E-state index in [0.29, 0.717) is 19.4 Å². The molecule has 0 radical (unpaired) electrons. The van der Waals surface area contributed by atoms with E-state index in [2.05, 4.69) is 10.6 Å². The molecule has 2 unspecified atom stereocenters. The fourth-order valence-corrected chi connectivity index (χ4v) is 1.25. The number of amides is 2. The molecule has 0 saturated carbocycles. The van der Waals surface area contributed by atoms with Crippen molar-refractivity contribution in [2.24, 2.45) is 5.92 Å². The summed E-state index contributed by atoms with van der Waals surface area (Å²) < 4.78 is 5.44. The van der Waals surface area contributed by atoms with Gasteiger partial charge in [-0.2, -0.15) is 0 Å². The van der Waals surface area contributed by atoms with Crippen LogP contribution in [0.1, 0.15) is 26.7 Å². The van der Waals surface area contributed by atoms with E-state index in [9.17, 15) is 9.59 Å². The maximum Gasteiger partial charge on any atom is 0.222 e. The van der Waals surface area contributed by atoms with Gasteiger partial charge in [0.05, 0.1) is 12.5 Å². The molecule has 0 aliphatic heterocycles.